The highest BCUT2D eigenvalue weighted by atomic mass is 32.2. The van der Waals surface area contributed by atoms with E-state index in [1.807, 2.05) is 13.8 Å². The zero-order chi connectivity index (χ0) is 20.1. The molecule has 7 nitrogen and oxygen atoms in total. The number of amides is 1. The first-order chi connectivity index (χ1) is 13.4. The molecule has 0 unspecified atom stereocenters. The van der Waals surface area contributed by atoms with E-state index in [1.165, 1.54) is 4.31 Å². The first kappa shape index (κ1) is 21.1. The fourth-order valence-electron chi connectivity index (χ4n) is 3.79. The van der Waals surface area contributed by atoms with Gasteiger partial charge in [0.05, 0.1) is 23.5 Å². The maximum absolute atomic E-state index is 13.1. The molecule has 1 aromatic rings. The molecule has 1 N–H and O–H groups in total. The van der Waals surface area contributed by atoms with Gasteiger partial charge in [0.1, 0.15) is 5.75 Å². The molecule has 0 spiro atoms. The molecule has 0 saturated carbocycles. The second-order valence-electron chi connectivity index (χ2n) is 7.44. The van der Waals surface area contributed by atoms with Crippen molar-refractivity contribution in [3.05, 3.63) is 23.8 Å². The van der Waals surface area contributed by atoms with Crippen LogP contribution in [0, 0.1) is 12.8 Å². The van der Waals surface area contributed by atoms with Crippen LogP contribution in [-0.4, -0.2) is 57.6 Å². The minimum absolute atomic E-state index is 0.0826. The molecule has 0 aromatic heterocycles. The van der Waals surface area contributed by atoms with Crippen molar-refractivity contribution in [1.82, 2.24) is 9.62 Å². The third kappa shape index (κ3) is 4.85. The number of hydrogen-bond donors (Lipinski definition) is 1. The predicted octanol–water partition coefficient (Wildman–Crippen LogP) is 2.09. The van der Waals surface area contributed by atoms with Crippen LogP contribution in [0.5, 0.6) is 5.75 Å². The van der Waals surface area contributed by atoms with Crippen molar-refractivity contribution in [2.45, 2.75) is 50.5 Å². The fraction of sp³-hybridized carbons (Fsp3) is 0.650. The Hall–Kier alpha value is -1.64. The van der Waals surface area contributed by atoms with Crippen LogP contribution < -0.4 is 10.1 Å². The van der Waals surface area contributed by atoms with Crippen molar-refractivity contribution in [3.8, 4) is 5.75 Å². The normalized spacial score (nSPS) is 23.5. The standard InChI is InChI=1S/C20H30N2O5S/c1-3-26-19-9-8-18(12-15(19)2)28(24,25)22-10-4-6-16(14-22)20(23)21-13-17-7-5-11-27-17/h8-9,12,16-17H,3-7,10-11,13-14H2,1-2H3,(H,21,23)/t16-,17+/m1/s1. The SMILES string of the molecule is CCOc1ccc(S(=O)(=O)N2CCC[C@@H](C(=O)NC[C@@H]3CCCO3)C2)cc1C. The number of carbonyl (C=O) groups is 1. The van der Waals surface area contributed by atoms with Gasteiger partial charge in [-0.25, -0.2) is 8.42 Å². The highest BCUT2D eigenvalue weighted by Crippen LogP contribution is 2.27. The lowest BCUT2D eigenvalue weighted by Gasteiger charge is -2.31. The van der Waals surface area contributed by atoms with E-state index in [0.29, 0.717) is 38.3 Å². The maximum Gasteiger partial charge on any atom is 0.243 e. The molecule has 2 fully saturated rings. The molecule has 3 rings (SSSR count). The van der Waals surface area contributed by atoms with Crippen LogP contribution in [-0.2, 0) is 19.6 Å². The van der Waals surface area contributed by atoms with Crippen LogP contribution in [0.1, 0.15) is 38.2 Å². The van der Waals surface area contributed by atoms with E-state index < -0.39 is 10.0 Å². The second-order valence-corrected chi connectivity index (χ2v) is 9.38. The number of carbonyl (C=O) groups excluding carboxylic acids is 1. The molecule has 2 aliphatic rings. The summed E-state index contributed by atoms with van der Waals surface area (Å²) in [6.45, 7) is 6.15. The van der Waals surface area contributed by atoms with Gasteiger partial charge in [-0.05, 0) is 63.3 Å². The van der Waals surface area contributed by atoms with E-state index in [-0.39, 0.29) is 29.4 Å². The summed E-state index contributed by atoms with van der Waals surface area (Å²) in [6.07, 6.45) is 3.44. The second kappa shape index (κ2) is 9.24. The van der Waals surface area contributed by atoms with Gasteiger partial charge < -0.3 is 14.8 Å². The lowest BCUT2D eigenvalue weighted by atomic mass is 9.99. The molecule has 1 amide bonds. The molecule has 2 atom stereocenters. The van der Waals surface area contributed by atoms with Crippen molar-refractivity contribution in [2.24, 2.45) is 5.92 Å². The Morgan fingerprint density at radius 3 is 2.82 bits per heavy atom. The molecule has 2 saturated heterocycles. The van der Waals surface area contributed by atoms with E-state index in [2.05, 4.69) is 5.32 Å². The van der Waals surface area contributed by atoms with Gasteiger partial charge in [-0.15, -0.1) is 0 Å². The zero-order valence-electron chi connectivity index (χ0n) is 16.6. The third-order valence-corrected chi connectivity index (χ3v) is 7.23. The summed E-state index contributed by atoms with van der Waals surface area (Å²) < 4.78 is 38.6. The quantitative estimate of drug-likeness (QED) is 0.744. The Kier molecular flexibility index (Phi) is 6.95. The number of ether oxygens (including phenoxy) is 2. The van der Waals surface area contributed by atoms with Crippen molar-refractivity contribution < 1.29 is 22.7 Å². The maximum atomic E-state index is 13.1. The number of hydrogen-bond acceptors (Lipinski definition) is 5. The summed E-state index contributed by atoms with van der Waals surface area (Å²) >= 11 is 0. The van der Waals surface area contributed by atoms with Crippen LogP contribution in [0.3, 0.4) is 0 Å². The van der Waals surface area contributed by atoms with E-state index in [1.54, 1.807) is 18.2 Å². The van der Waals surface area contributed by atoms with Gasteiger partial charge in [0.15, 0.2) is 0 Å². The molecule has 156 valence electrons. The minimum Gasteiger partial charge on any atom is -0.494 e. The average Bonchev–Trinajstić information content (AvgIpc) is 3.21. The summed E-state index contributed by atoms with van der Waals surface area (Å²) in [5.41, 5.74) is 0.783. The van der Waals surface area contributed by atoms with Gasteiger partial charge in [0.2, 0.25) is 15.9 Å². The Bertz CT molecular complexity index is 790. The summed E-state index contributed by atoms with van der Waals surface area (Å²) in [5.74, 6) is 0.276. The Morgan fingerprint density at radius 1 is 1.32 bits per heavy atom. The average molecular weight is 411 g/mol. The number of sulfonamides is 1. The topological polar surface area (TPSA) is 84.9 Å². The molecule has 2 heterocycles. The monoisotopic (exact) mass is 410 g/mol. The van der Waals surface area contributed by atoms with Gasteiger partial charge in [0.25, 0.3) is 0 Å². The number of nitrogens with zero attached hydrogens (tertiary/aromatic N) is 1. The van der Waals surface area contributed by atoms with Crippen molar-refractivity contribution in [1.29, 1.82) is 0 Å². The van der Waals surface area contributed by atoms with Gasteiger partial charge in [-0.3, -0.25) is 4.79 Å². The minimum atomic E-state index is -3.64. The molecule has 0 radical (unpaired) electrons. The largest absolute Gasteiger partial charge is 0.494 e. The van der Waals surface area contributed by atoms with E-state index in [0.717, 1.165) is 25.0 Å². The van der Waals surface area contributed by atoms with Crippen LogP contribution in [0.4, 0.5) is 0 Å². The van der Waals surface area contributed by atoms with Crippen LogP contribution in [0.2, 0.25) is 0 Å². The molecule has 0 aliphatic carbocycles. The van der Waals surface area contributed by atoms with Crippen molar-refractivity contribution in [2.75, 3.05) is 32.8 Å². The highest BCUT2D eigenvalue weighted by Gasteiger charge is 2.33. The Morgan fingerprint density at radius 2 is 2.14 bits per heavy atom. The molecule has 2 aliphatic heterocycles. The number of piperidine rings is 1. The molecule has 28 heavy (non-hydrogen) atoms. The fourth-order valence-corrected chi connectivity index (χ4v) is 5.40. The van der Waals surface area contributed by atoms with Gasteiger partial charge in [-0.2, -0.15) is 4.31 Å². The number of nitrogens with one attached hydrogen (secondary N) is 1. The first-order valence-electron chi connectivity index (χ1n) is 10.0. The molecule has 1 aromatic carbocycles. The zero-order valence-corrected chi connectivity index (χ0v) is 17.5. The lowest BCUT2D eigenvalue weighted by molar-refractivity contribution is -0.126. The first-order valence-corrected chi connectivity index (χ1v) is 11.5. The van der Waals surface area contributed by atoms with Gasteiger partial charge in [-0.1, -0.05) is 0 Å². The van der Waals surface area contributed by atoms with Gasteiger partial charge >= 0.3 is 0 Å². The van der Waals surface area contributed by atoms with E-state index in [4.69, 9.17) is 9.47 Å². The number of aryl methyl sites for hydroxylation is 1. The molecular weight excluding hydrogens is 380 g/mol. The molecule has 8 heteroatoms. The number of benzene rings is 1. The van der Waals surface area contributed by atoms with Gasteiger partial charge in [0, 0.05) is 26.2 Å². The summed E-state index contributed by atoms with van der Waals surface area (Å²) in [7, 11) is -3.64. The van der Waals surface area contributed by atoms with Crippen LogP contribution in [0.15, 0.2) is 23.1 Å². The van der Waals surface area contributed by atoms with E-state index in [9.17, 15) is 13.2 Å². The van der Waals surface area contributed by atoms with Crippen LogP contribution >= 0.6 is 0 Å². The van der Waals surface area contributed by atoms with Crippen LogP contribution in [0.25, 0.3) is 0 Å². The number of rotatable bonds is 7. The molecular formula is C20H30N2O5S. The van der Waals surface area contributed by atoms with Crippen molar-refractivity contribution >= 4 is 15.9 Å². The summed E-state index contributed by atoms with van der Waals surface area (Å²) in [4.78, 5) is 12.8. The van der Waals surface area contributed by atoms with E-state index >= 15 is 0 Å². The Labute approximate surface area is 167 Å². The Balaban J connectivity index is 1.65. The summed E-state index contributed by atoms with van der Waals surface area (Å²) in [6, 6.07) is 4.91. The summed E-state index contributed by atoms with van der Waals surface area (Å²) in [5, 5.41) is 2.93. The lowest BCUT2D eigenvalue weighted by Crippen LogP contribution is -2.46. The van der Waals surface area contributed by atoms with Crippen molar-refractivity contribution in [3.63, 3.8) is 0 Å². The third-order valence-electron chi connectivity index (χ3n) is 5.37. The molecule has 0 bridgehead atoms. The predicted molar refractivity (Wildman–Crippen MR) is 106 cm³/mol. The smallest absolute Gasteiger partial charge is 0.243 e. The highest BCUT2D eigenvalue weighted by molar-refractivity contribution is 7.89.